The number of fused-ring (bicyclic) bond motifs is 1. The van der Waals surface area contributed by atoms with Gasteiger partial charge in [-0.1, -0.05) is 35.0 Å². The second kappa shape index (κ2) is 10.3. The second-order valence-electron chi connectivity index (χ2n) is 9.40. The number of oxime groups is 1. The van der Waals surface area contributed by atoms with Gasteiger partial charge < -0.3 is 24.2 Å². The van der Waals surface area contributed by atoms with Gasteiger partial charge in [-0.3, -0.25) is 4.90 Å². The molecule has 8 heteroatoms. The van der Waals surface area contributed by atoms with Crippen LogP contribution in [0.3, 0.4) is 0 Å². The fraction of sp³-hybridized carbons (Fsp3) is 0.480. The van der Waals surface area contributed by atoms with E-state index in [9.17, 15) is 5.11 Å². The summed E-state index contributed by atoms with van der Waals surface area (Å²) in [6.07, 6.45) is -0.112. The van der Waals surface area contributed by atoms with Gasteiger partial charge in [0.2, 0.25) is 6.79 Å². The first-order chi connectivity index (χ1) is 15.8. The van der Waals surface area contributed by atoms with Crippen LogP contribution in [0.15, 0.2) is 47.6 Å². The summed E-state index contributed by atoms with van der Waals surface area (Å²) in [5.74, 6) is 1.47. The minimum absolute atomic E-state index is 0.136. The Bertz CT molecular complexity index is 991. The van der Waals surface area contributed by atoms with E-state index in [1.807, 2.05) is 63.2 Å². The number of aliphatic hydroxyl groups is 1. The topological polar surface area (TPSA) is 72.8 Å². The molecule has 2 aliphatic rings. The second-order valence-corrected chi connectivity index (χ2v) is 9.81. The minimum atomic E-state index is -0.637. The number of halogens is 1. The molecule has 178 valence electrons. The molecule has 0 saturated carbocycles. The first-order valence-corrected chi connectivity index (χ1v) is 11.5. The van der Waals surface area contributed by atoms with Crippen molar-refractivity contribution in [1.29, 1.82) is 0 Å². The van der Waals surface area contributed by atoms with Crippen molar-refractivity contribution in [2.75, 3.05) is 26.5 Å². The number of benzene rings is 2. The van der Waals surface area contributed by atoms with Gasteiger partial charge in [0.1, 0.15) is 6.10 Å². The molecule has 0 spiro atoms. The Kier molecular flexibility index (Phi) is 7.44. The smallest absolute Gasteiger partial charge is 0.231 e. The molecule has 2 atom stereocenters. The third-order valence-corrected chi connectivity index (χ3v) is 5.80. The zero-order valence-electron chi connectivity index (χ0n) is 19.3. The van der Waals surface area contributed by atoms with Crippen molar-refractivity contribution in [3.05, 3.63) is 58.6 Å². The Morgan fingerprint density at radius 2 is 1.97 bits per heavy atom. The van der Waals surface area contributed by atoms with Gasteiger partial charge in [0.25, 0.3) is 0 Å². The molecule has 4 rings (SSSR count). The predicted molar refractivity (Wildman–Crippen MR) is 127 cm³/mol. The zero-order valence-corrected chi connectivity index (χ0v) is 20.0. The normalized spacial score (nSPS) is 18.4. The van der Waals surface area contributed by atoms with E-state index in [1.165, 1.54) is 0 Å². The standard InChI is InChI=1S/C25H31ClN2O5/c1-25(2,3)32-15-19(29)13-28(12-18-6-4-5-7-21(18)26)14-20-11-22(27-33-20)17-8-9-23-24(10-17)31-16-30-23/h4-10,19-20,29H,11-16H2,1-3H3/t19-,20+/m1/s1. The summed E-state index contributed by atoms with van der Waals surface area (Å²) in [6, 6.07) is 13.5. The highest BCUT2D eigenvalue weighted by atomic mass is 35.5. The average Bonchev–Trinajstić information content (AvgIpc) is 3.42. The predicted octanol–water partition coefficient (Wildman–Crippen LogP) is 4.24. The van der Waals surface area contributed by atoms with Gasteiger partial charge in [-0.05, 0) is 50.6 Å². The molecule has 2 aliphatic heterocycles. The Morgan fingerprint density at radius 3 is 2.76 bits per heavy atom. The number of nitrogens with zero attached hydrogens (tertiary/aromatic N) is 2. The largest absolute Gasteiger partial charge is 0.454 e. The maximum absolute atomic E-state index is 10.6. The van der Waals surface area contributed by atoms with Gasteiger partial charge in [0.15, 0.2) is 11.5 Å². The van der Waals surface area contributed by atoms with Crippen LogP contribution in [0.2, 0.25) is 5.02 Å². The van der Waals surface area contributed by atoms with Crippen LogP contribution in [-0.2, 0) is 16.1 Å². The Hall–Kier alpha value is -2.32. The highest BCUT2D eigenvalue weighted by molar-refractivity contribution is 6.31. The van der Waals surface area contributed by atoms with E-state index in [4.69, 9.17) is 30.6 Å². The molecule has 0 aliphatic carbocycles. The van der Waals surface area contributed by atoms with Gasteiger partial charge in [-0.15, -0.1) is 0 Å². The molecule has 0 amide bonds. The summed E-state index contributed by atoms with van der Waals surface area (Å²) in [7, 11) is 0. The summed E-state index contributed by atoms with van der Waals surface area (Å²) in [5, 5.41) is 15.6. The number of aliphatic hydroxyl groups excluding tert-OH is 1. The van der Waals surface area contributed by atoms with E-state index in [0.717, 1.165) is 28.3 Å². The van der Waals surface area contributed by atoms with Crippen molar-refractivity contribution < 1.29 is 24.2 Å². The molecule has 0 bridgehead atoms. The molecule has 0 aromatic heterocycles. The van der Waals surface area contributed by atoms with E-state index >= 15 is 0 Å². The van der Waals surface area contributed by atoms with E-state index < -0.39 is 6.10 Å². The van der Waals surface area contributed by atoms with E-state index in [-0.39, 0.29) is 25.1 Å². The van der Waals surface area contributed by atoms with Gasteiger partial charge in [-0.25, -0.2) is 0 Å². The SMILES string of the molecule is CC(C)(C)OC[C@H](O)CN(Cc1ccccc1Cl)C[C@@H]1CC(c2ccc3c(c2)OCO3)=NO1. The van der Waals surface area contributed by atoms with E-state index in [0.29, 0.717) is 31.1 Å². The molecule has 0 saturated heterocycles. The van der Waals surface area contributed by atoms with Crippen LogP contribution >= 0.6 is 11.6 Å². The van der Waals surface area contributed by atoms with Crippen molar-refractivity contribution in [1.82, 2.24) is 4.90 Å². The first kappa shape index (κ1) is 23.8. The Morgan fingerprint density at radius 1 is 1.18 bits per heavy atom. The molecule has 0 radical (unpaired) electrons. The molecule has 2 aromatic carbocycles. The quantitative estimate of drug-likeness (QED) is 0.586. The van der Waals surface area contributed by atoms with Crippen LogP contribution in [-0.4, -0.2) is 60.0 Å². The third kappa shape index (κ3) is 6.60. The summed E-state index contributed by atoms with van der Waals surface area (Å²) in [4.78, 5) is 7.90. The van der Waals surface area contributed by atoms with Gasteiger partial charge in [0, 0.05) is 36.6 Å². The monoisotopic (exact) mass is 474 g/mol. The summed E-state index contributed by atoms with van der Waals surface area (Å²) in [5.41, 5.74) is 2.51. The van der Waals surface area contributed by atoms with Crippen LogP contribution in [0.1, 0.15) is 38.3 Å². The molecule has 33 heavy (non-hydrogen) atoms. The van der Waals surface area contributed by atoms with Crippen LogP contribution in [0.5, 0.6) is 11.5 Å². The average molecular weight is 475 g/mol. The third-order valence-electron chi connectivity index (χ3n) is 5.43. The lowest BCUT2D eigenvalue weighted by atomic mass is 10.0. The summed E-state index contributed by atoms with van der Waals surface area (Å²) < 4.78 is 16.6. The number of rotatable bonds is 9. The van der Waals surface area contributed by atoms with Crippen LogP contribution in [0.4, 0.5) is 0 Å². The van der Waals surface area contributed by atoms with Crippen LogP contribution in [0.25, 0.3) is 0 Å². The maximum Gasteiger partial charge on any atom is 0.231 e. The van der Waals surface area contributed by atoms with Crippen molar-refractivity contribution in [3.63, 3.8) is 0 Å². The van der Waals surface area contributed by atoms with Gasteiger partial charge in [0.05, 0.1) is 24.0 Å². The molecule has 2 aromatic rings. The first-order valence-electron chi connectivity index (χ1n) is 11.2. The summed E-state index contributed by atoms with van der Waals surface area (Å²) >= 11 is 6.40. The van der Waals surface area contributed by atoms with E-state index in [2.05, 4.69) is 10.1 Å². The molecule has 0 unspecified atom stereocenters. The molecule has 2 heterocycles. The molecular weight excluding hydrogens is 444 g/mol. The minimum Gasteiger partial charge on any atom is -0.454 e. The number of hydrogen-bond donors (Lipinski definition) is 1. The lowest BCUT2D eigenvalue weighted by Gasteiger charge is -2.29. The van der Waals surface area contributed by atoms with Crippen molar-refractivity contribution in [3.8, 4) is 11.5 Å². The highest BCUT2D eigenvalue weighted by Crippen LogP contribution is 2.33. The highest BCUT2D eigenvalue weighted by Gasteiger charge is 2.27. The van der Waals surface area contributed by atoms with Crippen LogP contribution < -0.4 is 9.47 Å². The Labute approximate surface area is 199 Å². The summed E-state index contributed by atoms with van der Waals surface area (Å²) in [6.45, 7) is 8.03. The van der Waals surface area contributed by atoms with Crippen LogP contribution in [0, 0.1) is 0 Å². The van der Waals surface area contributed by atoms with E-state index in [1.54, 1.807) is 0 Å². The molecule has 1 N–H and O–H groups in total. The fourth-order valence-electron chi connectivity index (χ4n) is 3.83. The zero-order chi connectivity index (χ0) is 23.4. The van der Waals surface area contributed by atoms with Crippen molar-refractivity contribution >= 4 is 17.3 Å². The fourth-order valence-corrected chi connectivity index (χ4v) is 4.02. The molecule has 0 fully saturated rings. The van der Waals surface area contributed by atoms with Gasteiger partial charge >= 0.3 is 0 Å². The maximum atomic E-state index is 10.6. The van der Waals surface area contributed by atoms with Crippen molar-refractivity contribution in [2.24, 2.45) is 5.16 Å². The van der Waals surface area contributed by atoms with Crippen molar-refractivity contribution in [2.45, 2.75) is 51.5 Å². The van der Waals surface area contributed by atoms with Gasteiger partial charge in [-0.2, -0.15) is 0 Å². The number of hydrogen-bond acceptors (Lipinski definition) is 7. The molecular formula is C25H31ClN2O5. The number of ether oxygens (including phenoxy) is 3. The Balaban J connectivity index is 1.40. The molecule has 7 nitrogen and oxygen atoms in total. The lowest BCUT2D eigenvalue weighted by molar-refractivity contribution is -0.0600. The lowest BCUT2D eigenvalue weighted by Crippen LogP contribution is -2.40.